The molecular formula is C27H34BrIO3. The molecule has 0 amide bonds. The van der Waals surface area contributed by atoms with Crippen molar-refractivity contribution in [3.05, 3.63) is 63.3 Å². The van der Waals surface area contributed by atoms with Gasteiger partial charge in [-0.05, 0) is 89.0 Å². The number of carboxylic acids is 1. The number of halogens is 2. The third-order valence-electron chi connectivity index (χ3n) is 7.83. The van der Waals surface area contributed by atoms with Gasteiger partial charge in [-0.2, -0.15) is 0 Å². The number of allylic oxidation sites excluding steroid dienone is 4. The minimum absolute atomic E-state index is 0.0154. The predicted octanol–water partition coefficient (Wildman–Crippen LogP) is 8.07. The van der Waals surface area contributed by atoms with E-state index in [1.54, 1.807) is 6.07 Å². The minimum atomic E-state index is -0.966. The van der Waals surface area contributed by atoms with Crippen molar-refractivity contribution in [2.75, 3.05) is 0 Å². The molecule has 1 aromatic carbocycles. The van der Waals surface area contributed by atoms with Gasteiger partial charge in [-0.15, -0.1) is 0 Å². The number of carbonyl (C=O) groups is 1. The Bertz CT molecular complexity index is 948. The van der Waals surface area contributed by atoms with Crippen molar-refractivity contribution in [3.8, 4) is 5.75 Å². The number of carboxylic acid groups (broad SMARTS) is 1. The van der Waals surface area contributed by atoms with Crippen molar-refractivity contribution < 1.29 is 15.0 Å². The molecule has 4 atom stereocenters. The highest BCUT2D eigenvalue weighted by molar-refractivity contribution is 14.1. The third kappa shape index (κ3) is 5.19. The zero-order chi connectivity index (χ0) is 23.7. The number of rotatable bonds is 6. The van der Waals surface area contributed by atoms with Gasteiger partial charge in [-0.25, -0.2) is 4.79 Å². The summed E-state index contributed by atoms with van der Waals surface area (Å²) in [6.45, 7) is 11.4. The Morgan fingerprint density at radius 2 is 2.03 bits per heavy atom. The smallest absolute Gasteiger partial charge is 0.335 e. The fraction of sp³-hybridized carbons (Fsp3) is 0.519. The van der Waals surface area contributed by atoms with Gasteiger partial charge < -0.3 is 10.2 Å². The monoisotopic (exact) mass is 612 g/mol. The van der Waals surface area contributed by atoms with Gasteiger partial charge in [0.1, 0.15) is 5.75 Å². The molecule has 0 spiro atoms. The van der Waals surface area contributed by atoms with E-state index in [2.05, 4.69) is 82.1 Å². The van der Waals surface area contributed by atoms with Crippen LogP contribution in [0.5, 0.6) is 5.75 Å². The summed E-state index contributed by atoms with van der Waals surface area (Å²) in [6, 6.07) is 4.62. The van der Waals surface area contributed by atoms with E-state index in [9.17, 15) is 15.0 Å². The number of phenols is 1. The summed E-state index contributed by atoms with van der Waals surface area (Å²) >= 11 is 6.36. The van der Waals surface area contributed by atoms with Crippen LogP contribution in [0.25, 0.3) is 0 Å². The lowest BCUT2D eigenvalue weighted by atomic mass is 9.59. The molecule has 4 unspecified atom stereocenters. The van der Waals surface area contributed by atoms with E-state index in [4.69, 9.17) is 0 Å². The number of hydrogen-bond acceptors (Lipinski definition) is 2. The van der Waals surface area contributed by atoms with E-state index in [0.717, 1.165) is 32.1 Å². The van der Waals surface area contributed by atoms with Crippen molar-refractivity contribution in [1.82, 2.24) is 0 Å². The van der Waals surface area contributed by atoms with Crippen molar-refractivity contribution in [3.63, 3.8) is 0 Å². The van der Waals surface area contributed by atoms with Crippen molar-refractivity contribution in [2.24, 2.45) is 22.7 Å². The molecule has 2 aliphatic carbocycles. The van der Waals surface area contributed by atoms with Crippen molar-refractivity contribution in [1.29, 1.82) is 0 Å². The lowest BCUT2D eigenvalue weighted by molar-refractivity contribution is 0.0696. The second kappa shape index (κ2) is 10.0. The number of benzene rings is 1. The van der Waals surface area contributed by atoms with Crippen LogP contribution in [0.15, 0.2) is 52.2 Å². The van der Waals surface area contributed by atoms with Crippen LogP contribution in [-0.4, -0.2) is 21.0 Å². The van der Waals surface area contributed by atoms with Crippen molar-refractivity contribution >= 4 is 44.5 Å². The van der Waals surface area contributed by atoms with E-state index in [1.807, 2.05) is 0 Å². The van der Waals surface area contributed by atoms with Crippen LogP contribution < -0.4 is 0 Å². The maximum atomic E-state index is 11.5. The van der Waals surface area contributed by atoms with Gasteiger partial charge in [0.15, 0.2) is 0 Å². The highest BCUT2D eigenvalue weighted by Crippen LogP contribution is 2.54. The number of alkyl halides is 1. The summed E-state index contributed by atoms with van der Waals surface area (Å²) in [5.41, 5.74) is 3.73. The molecule has 2 N–H and O–H groups in total. The number of hydrogen-bond donors (Lipinski definition) is 2. The van der Waals surface area contributed by atoms with Crippen LogP contribution in [0.4, 0.5) is 0 Å². The van der Waals surface area contributed by atoms with Gasteiger partial charge in [-0.3, -0.25) is 0 Å². The van der Waals surface area contributed by atoms with Crippen molar-refractivity contribution in [2.45, 2.75) is 64.1 Å². The molecule has 174 valence electrons. The standard InChI is InChI=1S/C27H34BrIO3/c1-17-6-5-12-26(2,3)21(17)11-13-27(4)22(19(16-29)8-10-24(27)28)15-20-14-18(25(31)32)7-9-23(20)30/h5,7,9,12,14,16,21-22,24,30H,1,6,8,10-11,13,15H2,2-4H3,(H,31,32). The lowest BCUT2D eigenvalue weighted by Crippen LogP contribution is -2.43. The first-order valence-electron chi connectivity index (χ1n) is 11.3. The zero-order valence-corrected chi connectivity index (χ0v) is 22.9. The SMILES string of the molecule is C=C1CC=CC(C)(C)C1CCC1(C)C(Br)CCC(=CI)C1Cc1cc(C(=O)O)ccc1O. The van der Waals surface area contributed by atoms with Crippen LogP contribution >= 0.6 is 38.5 Å². The van der Waals surface area contributed by atoms with Gasteiger partial charge in [0, 0.05) is 4.83 Å². The number of aromatic hydroxyl groups is 1. The van der Waals surface area contributed by atoms with E-state index in [1.165, 1.54) is 23.3 Å². The fourth-order valence-corrected chi connectivity index (χ4v) is 7.22. The first-order chi connectivity index (χ1) is 15.0. The number of phenolic OH excluding ortho intramolecular Hbond substituents is 1. The molecule has 1 saturated carbocycles. The molecule has 3 rings (SSSR count). The Labute approximate surface area is 214 Å². The van der Waals surface area contributed by atoms with Crippen LogP contribution in [0, 0.1) is 22.7 Å². The Morgan fingerprint density at radius 1 is 1.31 bits per heavy atom. The molecule has 1 fully saturated rings. The summed E-state index contributed by atoms with van der Waals surface area (Å²) < 4.78 is 2.20. The Morgan fingerprint density at radius 3 is 2.66 bits per heavy atom. The van der Waals surface area contributed by atoms with Crippen LogP contribution in [0.1, 0.15) is 68.8 Å². The highest BCUT2D eigenvalue weighted by Gasteiger charge is 2.46. The maximum Gasteiger partial charge on any atom is 0.335 e. The molecule has 5 heteroatoms. The molecule has 0 aromatic heterocycles. The second-order valence-electron chi connectivity index (χ2n) is 10.3. The molecule has 0 heterocycles. The third-order valence-corrected chi connectivity index (χ3v) is 10.1. The second-order valence-corrected chi connectivity index (χ2v) is 12.0. The van der Waals surface area contributed by atoms with Gasteiger partial charge >= 0.3 is 5.97 Å². The summed E-state index contributed by atoms with van der Waals surface area (Å²) in [5, 5.41) is 20.0. The highest BCUT2D eigenvalue weighted by atomic mass is 127. The minimum Gasteiger partial charge on any atom is -0.508 e. The largest absolute Gasteiger partial charge is 0.508 e. The first-order valence-corrected chi connectivity index (χ1v) is 13.5. The van der Waals surface area contributed by atoms with E-state index >= 15 is 0 Å². The molecule has 2 aliphatic rings. The number of aromatic carboxylic acids is 1. The summed E-state index contributed by atoms with van der Waals surface area (Å²) in [4.78, 5) is 11.9. The average Bonchev–Trinajstić information content (AvgIpc) is 2.72. The van der Waals surface area contributed by atoms with E-state index in [0.29, 0.717) is 22.7 Å². The van der Waals surface area contributed by atoms with E-state index in [-0.39, 0.29) is 28.1 Å². The molecule has 0 saturated heterocycles. The topological polar surface area (TPSA) is 57.5 Å². The van der Waals surface area contributed by atoms with E-state index < -0.39 is 5.97 Å². The van der Waals surface area contributed by atoms with Gasteiger partial charge in [0.25, 0.3) is 0 Å². The van der Waals surface area contributed by atoms with Crippen LogP contribution in [-0.2, 0) is 6.42 Å². The summed E-state index contributed by atoms with van der Waals surface area (Å²) in [7, 11) is 0. The molecule has 3 nitrogen and oxygen atoms in total. The molecule has 32 heavy (non-hydrogen) atoms. The van der Waals surface area contributed by atoms with Gasteiger partial charge in [0.05, 0.1) is 5.56 Å². The molecule has 0 aliphatic heterocycles. The molecule has 0 bridgehead atoms. The fourth-order valence-electron chi connectivity index (χ4n) is 5.70. The molecule has 1 aromatic rings. The van der Waals surface area contributed by atoms with Crippen LogP contribution in [0.3, 0.4) is 0 Å². The zero-order valence-electron chi connectivity index (χ0n) is 19.2. The average molecular weight is 613 g/mol. The summed E-state index contributed by atoms with van der Waals surface area (Å²) in [6.07, 6.45) is 10.4. The van der Waals surface area contributed by atoms with Crippen LogP contribution in [0.2, 0.25) is 0 Å². The Kier molecular flexibility index (Phi) is 8.01. The Balaban J connectivity index is 1.93. The maximum absolute atomic E-state index is 11.5. The molecule has 0 radical (unpaired) electrons. The van der Waals surface area contributed by atoms with Gasteiger partial charge in [-0.1, -0.05) is 89.2 Å². The van der Waals surface area contributed by atoms with Gasteiger partial charge in [0.2, 0.25) is 0 Å². The normalized spacial score (nSPS) is 31.1. The molecular weight excluding hydrogens is 579 g/mol. The lowest BCUT2D eigenvalue weighted by Gasteiger charge is -2.49. The predicted molar refractivity (Wildman–Crippen MR) is 144 cm³/mol. The quantitative estimate of drug-likeness (QED) is 0.194. The Hall–Kier alpha value is -1.08. The summed E-state index contributed by atoms with van der Waals surface area (Å²) in [5.74, 6) is -0.120. The first kappa shape index (κ1) is 25.5.